The SMILES string of the molecule is CCCCCCCCCCCCCCCCCCCC[N+](C)(C)Cc1ccccc1C(C)O. The molecule has 0 fully saturated rings. The highest BCUT2D eigenvalue weighted by atomic mass is 16.3. The van der Waals surface area contributed by atoms with Crippen LogP contribution in [0.2, 0.25) is 0 Å². The van der Waals surface area contributed by atoms with E-state index in [4.69, 9.17) is 0 Å². The molecule has 0 saturated carbocycles. The molecule has 1 aromatic carbocycles. The molecular weight excluding hydrogens is 402 g/mol. The van der Waals surface area contributed by atoms with Crippen LogP contribution in [0.1, 0.15) is 147 Å². The van der Waals surface area contributed by atoms with Crippen LogP contribution in [0, 0.1) is 0 Å². The molecule has 33 heavy (non-hydrogen) atoms. The van der Waals surface area contributed by atoms with Gasteiger partial charge in [-0.25, -0.2) is 0 Å². The van der Waals surface area contributed by atoms with Crippen LogP contribution in [0.15, 0.2) is 24.3 Å². The zero-order chi connectivity index (χ0) is 24.2. The Morgan fingerprint density at radius 3 is 1.45 bits per heavy atom. The lowest BCUT2D eigenvalue weighted by Gasteiger charge is -2.31. The van der Waals surface area contributed by atoms with E-state index in [1.165, 1.54) is 128 Å². The zero-order valence-electron chi connectivity index (χ0n) is 22.9. The number of unbranched alkanes of at least 4 members (excludes halogenated alkanes) is 17. The van der Waals surface area contributed by atoms with Gasteiger partial charge >= 0.3 is 0 Å². The highest BCUT2D eigenvalue weighted by Crippen LogP contribution is 2.21. The summed E-state index contributed by atoms with van der Waals surface area (Å²) >= 11 is 0. The van der Waals surface area contributed by atoms with Crippen LogP contribution in [0.5, 0.6) is 0 Å². The van der Waals surface area contributed by atoms with Crippen LogP contribution in [0.4, 0.5) is 0 Å². The van der Waals surface area contributed by atoms with Gasteiger partial charge in [0.25, 0.3) is 0 Å². The van der Waals surface area contributed by atoms with Crippen molar-refractivity contribution in [2.24, 2.45) is 0 Å². The molecule has 0 bridgehead atoms. The first kappa shape index (κ1) is 30.2. The molecule has 2 heteroatoms. The first-order valence-corrected chi connectivity index (χ1v) is 14.5. The maximum atomic E-state index is 10.0. The molecule has 0 saturated heterocycles. The zero-order valence-corrected chi connectivity index (χ0v) is 22.9. The van der Waals surface area contributed by atoms with Gasteiger partial charge in [-0.3, -0.25) is 0 Å². The van der Waals surface area contributed by atoms with Crippen molar-refractivity contribution >= 4 is 0 Å². The van der Waals surface area contributed by atoms with Gasteiger partial charge in [-0.1, -0.05) is 134 Å². The monoisotopic (exact) mass is 460 g/mol. The lowest BCUT2D eigenvalue weighted by Crippen LogP contribution is -2.39. The molecule has 0 aliphatic carbocycles. The molecule has 0 aliphatic rings. The molecule has 1 N–H and O–H groups in total. The van der Waals surface area contributed by atoms with Crippen LogP contribution >= 0.6 is 0 Å². The summed E-state index contributed by atoms with van der Waals surface area (Å²) in [6, 6.07) is 8.37. The normalized spacial score (nSPS) is 12.9. The van der Waals surface area contributed by atoms with Crippen molar-refractivity contribution in [1.29, 1.82) is 0 Å². The predicted molar refractivity (Wildman–Crippen MR) is 147 cm³/mol. The van der Waals surface area contributed by atoms with E-state index in [0.29, 0.717) is 0 Å². The summed E-state index contributed by atoms with van der Waals surface area (Å²) in [6.07, 6.45) is 25.4. The maximum absolute atomic E-state index is 10.0. The number of hydrogen-bond donors (Lipinski definition) is 1. The third-order valence-electron chi connectivity index (χ3n) is 7.22. The summed E-state index contributed by atoms with van der Waals surface area (Å²) in [4.78, 5) is 0. The minimum Gasteiger partial charge on any atom is -0.389 e. The summed E-state index contributed by atoms with van der Waals surface area (Å²) in [5.41, 5.74) is 2.38. The predicted octanol–water partition coefficient (Wildman–Crippen LogP) is 9.36. The molecule has 1 rings (SSSR count). The summed E-state index contributed by atoms with van der Waals surface area (Å²) in [5.74, 6) is 0. The Kier molecular flexibility index (Phi) is 17.8. The van der Waals surface area contributed by atoms with Gasteiger partial charge in [0.2, 0.25) is 0 Å². The fraction of sp³-hybridized carbons (Fsp3) is 0.806. The van der Waals surface area contributed by atoms with Crippen LogP contribution in [0.3, 0.4) is 0 Å². The van der Waals surface area contributed by atoms with E-state index < -0.39 is 0 Å². The van der Waals surface area contributed by atoms with E-state index in [-0.39, 0.29) is 6.10 Å². The van der Waals surface area contributed by atoms with Gasteiger partial charge in [0.1, 0.15) is 6.54 Å². The molecule has 192 valence electrons. The fourth-order valence-electron chi connectivity index (χ4n) is 5.07. The topological polar surface area (TPSA) is 20.2 Å². The molecule has 0 radical (unpaired) electrons. The van der Waals surface area contributed by atoms with Crippen molar-refractivity contribution in [3.8, 4) is 0 Å². The molecule has 1 unspecified atom stereocenters. The summed E-state index contributed by atoms with van der Waals surface area (Å²) in [7, 11) is 4.65. The third kappa shape index (κ3) is 16.4. The second-order valence-corrected chi connectivity index (χ2v) is 11.2. The molecule has 0 aromatic heterocycles. The van der Waals surface area contributed by atoms with Crippen molar-refractivity contribution < 1.29 is 9.59 Å². The number of nitrogens with zero attached hydrogens (tertiary/aromatic N) is 1. The summed E-state index contributed by atoms with van der Waals surface area (Å²) < 4.78 is 1.00. The summed E-state index contributed by atoms with van der Waals surface area (Å²) in [5, 5.41) is 10.0. The second kappa shape index (κ2) is 19.4. The first-order chi connectivity index (χ1) is 16.0. The van der Waals surface area contributed by atoms with E-state index in [9.17, 15) is 5.11 Å². The van der Waals surface area contributed by atoms with Gasteiger partial charge in [0.15, 0.2) is 0 Å². The number of aliphatic hydroxyl groups excluding tert-OH is 1. The minimum atomic E-state index is -0.383. The number of aliphatic hydroxyl groups is 1. The van der Waals surface area contributed by atoms with Gasteiger partial charge in [-0.2, -0.15) is 0 Å². The first-order valence-electron chi connectivity index (χ1n) is 14.5. The summed E-state index contributed by atoms with van der Waals surface area (Å²) in [6.45, 7) is 6.38. The molecule has 0 aliphatic heterocycles. The Morgan fingerprint density at radius 2 is 1.03 bits per heavy atom. The van der Waals surface area contributed by atoms with Crippen molar-refractivity contribution in [2.45, 2.75) is 142 Å². The van der Waals surface area contributed by atoms with E-state index in [1.54, 1.807) is 0 Å². The molecule has 2 nitrogen and oxygen atoms in total. The van der Waals surface area contributed by atoms with Crippen LogP contribution in [0.25, 0.3) is 0 Å². The molecular formula is C31H58NO+. The van der Waals surface area contributed by atoms with E-state index in [1.807, 2.05) is 13.0 Å². The highest BCUT2D eigenvalue weighted by molar-refractivity contribution is 5.28. The van der Waals surface area contributed by atoms with E-state index in [0.717, 1.165) is 16.6 Å². The second-order valence-electron chi connectivity index (χ2n) is 11.2. The minimum absolute atomic E-state index is 0.383. The average Bonchev–Trinajstić information content (AvgIpc) is 2.78. The smallest absolute Gasteiger partial charge is 0.104 e. The molecule has 0 amide bonds. The molecule has 0 heterocycles. The van der Waals surface area contributed by atoms with Gasteiger partial charge < -0.3 is 9.59 Å². The van der Waals surface area contributed by atoms with Gasteiger partial charge in [-0.05, 0) is 25.3 Å². The number of quaternary nitrogens is 1. The van der Waals surface area contributed by atoms with Crippen molar-refractivity contribution in [1.82, 2.24) is 0 Å². The van der Waals surface area contributed by atoms with Crippen LogP contribution in [-0.2, 0) is 6.54 Å². The van der Waals surface area contributed by atoms with Gasteiger partial charge in [0.05, 0.1) is 26.7 Å². The molecule has 1 atom stereocenters. The Labute approximate surface area is 207 Å². The highest BCUT2D eigenvalue weighted by Gasteiger charge is 2.18. The standard InChI is InChI=1S/C31H58NO/c1-5-6-7-8-9-10-11-12-13-14-15-16-17-18-19-20-21-24-27-32(3,4)28-30-25-22-23-26-31(30)29(2)33/h22-23,25-26,29,33H,5-21,24,27-28H2,1-4H3/q+1. The Hall–Kier alpha value is -0.860. The Morgan fingerprint density at radius 1 is 0.636 bits per heavy atom. The average molecular weight is 461 g/mol. The van der Waals surface area contributed by atoms with Crippen molar-refractivity contribution in [2.75, 3.05) is 20.6 Å². The van der Waals surface area contributed by atoms with Crippen molar-refractivity contribution in [3.63, 3.8) is 0 Å². The largest absolute Gasteiger partial charge is 0.389 e. The maximum Gasteiger partial charge on any atom is 0.104 e. The fourth-order valence-corrected chi connectivity index (χ4v) is 5.07. The Bertz CT molecular complexity index is 566. The lowest BCUT2D eigenvalue weighted by molar-refractivity contribution is -0.903. The lowest BCUT2D eigenvalue weighted by atomic mass is 10.0. The van der Waals surface area contributed by atoms with E-state index in [2.05, 4.69) is 39.2 Å². The molecule has 1 aromatic rings. The van der Waals surface area contributed by atoms with Crippen molar-refractivity contribution in [3.05, 3.63) is 35.4 Å². The number of hydrogen-bond acceptors (Lipinski definition) is 1. The van der Waals surface area contributed by atoms with Gasteiger partial charge in [-0.15, -0.1) is 0 Å². The van der Waals surface area contributed by atoms with Gasteiger partial charge in [0, 0.05) is 5.56 Å². The number of benzene rings is 1. The number of rotatable bonds is 22. The Balaban J connectivity index is 1.92. The van der Waals surface area contributed by atoms with Crippen LogP contribution in [-0.4, -0.2) is 30.2 Å². The third-order valence-corrected chi connectivity index (χ3v) is 7.22. The van der Waals surface area contributed by atoms with Crippen LogP contribution < -0.4 is 0 Å². The van der Waals surface area contributed by atoms with E-state index >= 15 is 0 Å². The quantitative estimate of drug-likeness (QED) is 0.135. The molecule has 0 spiro atoms.